The Morgan fingerprint density at radius 2 is 2.00 bits per heavy atom. The molecule has 0 spiro atoms. The van der Waals surface area contributed by atoms with Gasteiger partial charge in [0.05, 0.1) is 0 Å². The summed E-state index contributed by atoms with van der Waals surface area (Å²) in [4.78, 5) is 17.0. The summed E-state index contributed by atoms with van der Waals surface area (Å²) in [6, 6.07) is 0. The average molecular weight is 274 g/mol. The fraction of sp³-hybridized carbons (Fsp3) is 0.583. The van der Waals surface area contributed by atoms with Gasteiger partial charge in [0, 0.05) is 13.1 Å². The topological polar surface area (TPSA) is 93.4 Å². The smallest absolute Gasteiger partial charge is 0.258 e. The van der Waals surface area contributed by atoms with Crippen molar-refractivity contribution in [3.8, 4) is 5.95 Å². The second-order valence-corrected chi connectivity index (χ2v) is 4.83. The molecule has 0 amide bonds. The standard InChI is InChI=1S/C12H18N8/c1-2-14-10-17-11(15-6-9-4-3-5-9)19-12(18-10)20-8-13-7-16-20/h7-9H,2-6H2,1H3,(H2,14,15,17,18,19). The van der Waals surface area contributed by atoms with Gasteiger partial charge in [-0.05, 0) is 25.7 Å². The second-order valence-electron chi connectivity index (χ2n) is 4.83. The zero-order chi connectivity index (χ0) is 13.8. The molecule has 0 unspecified atom stereocenters. The summed E-state index contributed by atoms with van der Waals surface area (Å²) < 4.78 is 1.52. The average Bonchev–Trinajstić information content (AvgIpc) is 2.91. The van der Waals surface area contributed by atoms with E-state index in [0.717, 1.165) is 19.0 Å². The van der Waals surface area contributed by atoms with E-state index < -0.39 is 0 Å². The second kappa shape index (κ2) is 5.81. The first-order valence-corrected chi connectivity index (χ1v) is 6.94. The predicted molar refractivity (Wildman–Crippen MR) is 74.7 cm³/mol. The largest absolute Gasteiger partial charge is 0.354 e. The van der Waals surface area contributed by atoms with E-state index in [4.69, 9.17) is 0 Å². The van der Waals surface area contributed by atoms with E-state index >= 15 is 0 Å². The highest BCUT2D eigenvalue weighted by Gasteiger charge is 2.17. The molecule has 8 heteroatoms. The highest BCUT2D eigenvalue weighted by Crippen LogP contribution is 2.26. The molecule has 0 aliphatic heterocycles. The summed E-state index contributed by atoms with van der Waals surface area (Å²) in [7, 11) is 0. The predicted octanol–water partition coefficient (Wildman–Crippen LogP) is 1.10. The first-order chi connectivity index (χ1) is 9.85. The minimum atomic E-state index is 0.463. The van der Waals surface area contributed by atoms with Gasteiger partial charge in [-0.3, -0.25) is 0 Å². The molecule has 3 rings (SSSR count). The van der Waals surface area contributed by atoms with Gasteiger partial charge in [0.15, 0.2) is 0 Å². The third kappa shape index (κ3) is 2.84. The summed E-state index contributed by atoms with van der Waals surface area (Å²) in [5.41, 5.74) is 0. The summed E-state index contributed by atoms with van der Waals surface area (Å²) in [5.74, 6) is 2.33. The molecule has 106 valence electrons. The molecule has 1 saturated carbocycles. The molecule has 0 saturated heterocycles. The monoisotopic (exact) mass is 274 g/mol. The molecule has 8 nitrogen and oxygen atoms in total. The van der Waals surface area contributed by atoms with Crippen LogP contribution in [0.4, 0.5) is 11.9 Å². The van der Waals surface area contributed by atoms with E-state index in [1.165, 1.54) is 30.3 Å². The van der Waals surface area contributed by atoms with E-state index in [0.29, 0.717) is 17.8 Å². The number of hydrogen-bond acceptors (Lipinski definition) is 7. The lowest BCUT2D eigenvalue weighted by atomic mass is 9.85. The molecule has 1 fully saturated rings. The molecule has 2 heterocycles. The van der Waals surface area contributed by atoms with Crippen LogP contribution in [0.3, 0.4) is 0 Å². The van der Waals surface area contributed by atoms with Crippen molar-refractivity contribution >= 4 is 11.9 Å². The molecule has 2 aromatic heterocycles. The SMILES string of the molecule is CCNc1nc(NCC2CCC2)nc(-n2cncn2)n1. The van der Waals surface area contributed by atoms with Crippen LogP contribution in [0.5, 0.6) is 0 Å². The number of anilines is 2. The maximum absolute atomic E-state index is 4.38. The van der Waals surface area contributed by atoms with Crippen molar-refractivity contribution in [1.29, 1.82) is 0 Å². The third-order valence-corrected chi connectivity index (χ3v) is 3.36. The molecule has 2 aromatic rings. The van der Waals surface area contributed by atoms with Gasteiger partial charge in [-0.25, -0.2) is 4.98 Å². The molecule has 0 radical (unpaired) electrons. The van der Waals surface area contributed by atoms with Crippen LogP contribution >= 0.6 is 0 Å². The highest BCUT2D eigenvalue weighted by molar-refractivity contribution is 5.37. The minimum absolute atomic E-state index is 0.463. The van der Waals surface area contributed by atoms with E-state index in [1.807, 2.05) is 6.92 Å². The summed E-state index contributed by atoms with van der Waals surface area (Å²) >= 11 is 0. The number of nitrogens with zero attached hydrogens (tertiary/aromatic N) is 6. The zero-order valence-electron chi connectivity index (χ0n) is 11.5. The van der Waals surface area contributed by atoms with Gasteiger partial charge >= 0.3 is 0 Å². The van der Waals surface area contributed by atoms with Gasteiger partial charge in [-0.2, -0.15) is 24.7 Å². The molecule has 1 aliphatic carbocycles. The molecule has 0 aromatic carbocycles. The van der Waals surface area contributed by atoms with E-state index in [9.17, 15) is 0 Å². The van der Waals surface area contributed by atoms with Crippen LogP contribution in [0.2, 0.25) is 0 Å². The summed E-state index contributed by atoms with van der Waals surface area (Å²) in [5, 5.41) is 10.4. The van der Waals surface area contributed by atoms with Gasteiger partial charge in [0.25, 0.3) is 5.95 Å². The van der Waals surface area contributed by atoms with Gasteiger partial charge in [-0.15, -0.1) is 0 Å². The van der Waals surface area contributed by atoms with Gasteiger partial charge < -0.3 is 10.6 Å². The summed E-state index contributed by atoms with van der Waals surface area (Å²) in [6.45, 7) is 3.66. The van der Waals surface area contributed by atoms with Crippen molar-refractivity contribution < 1.29 is 0 Å². The fourth-order valence-electron chi connectivity index (χ4n) is 2.03. The van der Waals surface area contributed by atoms with Crippen LogP contribution in [0.15, 0.2) is 12.7 Å². The summed E-state index contributed by atoms with van der Waals surface area (Å²) in [6.07, 6.45) is 6.93. The Morgan fingerprint density at radius 3 is 2.60 bits per heavy atom. The minimum Gasteiger partial charge on any atom is -0.354 e. The number of aromatic nitrogens is 6. The Bertz CT molecular complexity index is 549. The molecule has 0 atom stereocenters. The van der Waals surface area contributed by atoms with Crippen molar-refractivity contribution in [2.75, 3.05) is 23.7 Å². The van der Waals surface area contributed by atoms with Crippen molar-refractivity contribution in [3.05, 3.63) is 12.7 Å². The fourth-order valence-corrected chi connectivity index (χ4v) is 2.03. The quantitative estimate of drug-likeness (QED) is 0.814. The molecule has 1 aliphatic rings. The normalized spacial score (nSPS) is 14.8. The molecular weight excluding hydrogens is 256 g/mol. The van der Waals surface area contributed by atoms with Crippen LogP contribution in [-0.2, 0) is 0 Å². The number of rotatable bonds is 6. The maximum atomic E-state index is 4.38. The van der Waals surface area contributed by atoms with Gasteiger partial charge in [0.1, 0.15) is 12.7 Å². The molecule has 20 heavy (non-hydrogen) atoms. The van der Waals surface area contributed by atoms with Crippen molar-refractivity contribution in [2.45, 2.75) is 26.2 Å². The lowest BCUT2D eigenvalue weighted by Gasteiger charge is -2.25. The Balaban J connectivity index is 1.80. The first-order valence-electron chi connectivity index (χ1n) is 6.94. The maximum Gasteiger partial charge on any atom is 0.258 e. The van der Waals surface area contributed by atoms with Crippen LogP contribution in [0.25, 0.3) is 5.95 Å². The van der Waals surface area contributed by atoms with E-state index in [-0.39, 0.29) is 0 Å². The van der Waals surface area contributed by atoms with Crippen molar-refractivity contribution in [3.63, 3.8) is 0 Å². The third-order valence-electron chi connectivity index (χ3n) is 3.36. The lowest BCUT2D eigenvalue weighted by Crippen LogP contribution is -2.22. The number of nitrogens with one attached hydrogen (secondary N) is 2. The first kappa shape index (κ1) is 12.8. The van der Waals surface area contributed by atoms with E-state index in [1.54, 1.807) is 6.33 Å². The zero-order valence-corrected chi connectivity index (χ0v) is 11.5. The molecule has 2 N–H and O–H groups in total. The Kier molecular flexibility index (Phi) is 3.71. The highest BCUT2D eigenvalue weighted by atomic mass is 15.4. The van der Waals surface area contributed by atoms with Crippen molar-refractivity contribution in [2.24, 2.45) is 5.92 Å². The van der Waals surface area contributed by atoms with Crippen LogP contribution in [-0.4, -0.2) is 42.8 Å². The molecular formula is C12H18N8. The van der Waals surface area contributed by atoms with Crippen LogP contribution in [0.1, 0.15) is 26.2 Å². The molecule has 0 bridgehead atoms. The Morgan fingerprint density at radius 1 is 1.20 bits per heavy atom. The van der Waals surface area contributed by atoms with Gasteiger partial charge in [-0.1, -0.05) is 6.42 Å². The lowest BCUT2D eigenvalue weighted by molar-refractivity contribution is 0.333. The Hall–Kier alpha value is -2.25. The van der Waals surface area contributed by atoms with E-state index in [2.05, 4.69) is 35.7 Å². The van der Waals surface area contributed by atoms with Crippen LogP contribution < -0.4 is 10.6 Å². The van der Waals surface area contributed by atoms with Gasteiger partial charge in [0.2, 0.25) is 11.9 Å². The Labute approximate surface area is 117 Å². The number of hydrogen-bond donors (Lipinski definition) is 2. The van der Waals surface area contributed by atoms with Crippen molar-refractivity contribution in [1.82, 2.24) is 29.7 Å². The van der Waals surface area contributed by atoms with Crippen LogP contribution in [0, 0.1) is 5.92 Å².